The second-order valence-electron chi connectivity index (χ2n) is 5.79. The van der Waals surface area contributed by atoms with E-state index in [0.717, 1.165) is 6.26 Å². The fourth-order valence-electron chi connectivity index (χ4n) is 2.31. The summed E-state index contributed by atoms with van der Waals surface area (Å²) in [5.41, 5.74) is 1.01. The maximum atomic E-state index is 11.7. The number of hydrogen-bond acceptors (Lipinski definition) is 8. The summed E-state index contributed by atoms with van der Waals surface area (Å²) in [4.78, 5) is 16.9. The molecule has 3 rings (SSSR count). The second kappa shape index (κ2) is 8.27. The topological polar surface area (TPSA) is 107 Å². The first-order valence-corrected chi connectivity index (χ1v) is 11.0. The highest BCUT2D eigenvalue weighted by Gasteiger charge is 2.29. The Kier molecular flexibility index (Phi) is 6.13. The number of sulfone groups is 1. The molecule has 0 bridgehead atoms. The third-order valence-corrected chi connectivity index (χ3v) is 5.28. The molecule has 2 aromatic heterocycles. The molecule has 0 aliphatic rings. The molecular weight excluding hydrogens is 461 g/mol. The summed E-state index contributed by atoms with van der Waals surface area (Å²) in [6.07, 6.45) is 2.69. The van der Waals surface area contributed by atoms with Gasteiger partial charge in [0, 0.05) is 18.0 Å². The van der Waals surface area contributed by atoms with Gasteiger partial charge in [-0.3, -0.25) is 0 Å². The molecule has 0 radical (unpaired) electrons. The molecule has 0 amide bonds. The molecule has 0 aliphatic carbocycles. The van der Waals surface area contributed by atoms with E-state index in [1.165, 1.54) is 19.2 Å². The highest BCUT2D eigenvalue weighted by molar-refractivity contribution is 7.90. The zero-order valence-electron chi connectivity index (χ0n) is 15.1. The van der Waals surface area contributed by atoms with Gasteiger partial charge in [0.05, 0.1) is 12.0 Å². The van der Waals surface area contributed by atoms with Crippen LogP contribution in [0.25, 0.3) is 11.4 Å². The number of halogens is 3. The van der Waals surface area contributed by atoms with E-state index in [1.54, 1.807) is 30.5 Å². The van der Waals surface area contributed by atoms with E-state index in [0.29, 0.717) is 17.1 Å². The largest absolute Gasteiger partial charge is 0.480 e. The smallest absolute Gasteiger partial charge is 0.250 e. The minimum Gasteiger partial charge on any atom is -0.480 e. The van der Waals surface area contributed by atoms with Crippen LogP contribution in [-0.2, 0) is 13.6 Å². The van der Waals surface area contributed by atoms with Gasteiger partial charge in [-0.1, -0.05) is 34.8 Å². The van der Waals surface area contributed by atoms with Crippen LogP contribution in [0.1, 0.15) is 5.82 Å². The summed E-state index contributed by atoms with van der Waals surface area (Å²) in [6.45, 7) is 0. The Labute approximate surface area is 182 Å². The zero-order valence-corrected chi connectivity index (χ0v) is 18.2. The third kappa shape index (κ3) is 5.24. The molecule has 1 N–H and O–H groups in total. The maximum Gasteiger partial charge on any atom is 0.250 e. The van der Waals surface area contributed by atoms with Crippen molar-refractivity contribution in [1.82, 2.24) is 19.9 Å². The lowest BCUT2D eigenvalue weighted by molar-refractivity contribution is 0.400. The number of rotatable bonds is 5. The lowest BCUT2D eigenvalue weighted by Crippen LogP contribution is -2.12. The van der Waals surface area contributed by atoms with Crippen molar-refractivity contribution in [2.45, 2.75) is 8.69 Å². The molecule has 0 saturated heterocycles. The average molecular weight is 475 g/mol. The number of anilines is 2. The lowest BCUT2D eigenvalue weighted by Gasteiger charge is -2.14. The van der Waals surface area contributed by atoms with Crippen molar-refractivity contribution in [2.75, 3.05) is 18.7 Å². The van der Waals surface area contributed by atoms with E-state index in [1.807, 2.05) is 0 Å². The van der Waals surface area contributed by atoms with Crippen LogP contribution in [0.4, 0.5) is 11.6 Å². The molecule has 0 atom stereocenters. The van der Waals surface area contributed by atoms with Crippen LogP contribution >= 0.6 is 34.8 Å². The Morgan fingerprint density at radius 3 is 2.31 bits per heavy atom. The number of aromatic nitrogens is 4. The predicted molar refractivity (Wildman–Crippen MR) is 112 cm³/mol. The van der Waals surface area contributed by atoms with E-state index in [-0.39, 0.29) is 22.5 Å². The number of ether oxygens (including phenoxy) is 1. The number of hydrogen-bond donors (Lipinski definition) is 1. The molecule has 0 fully saturated rings. The minimum atomic E-state index is -3.34. The van der Waals surface area contributed by atoms with Crippen molar-refractivity contribution >= 4 is 56.3 Å². The summed E-state index contributed by atoms with van der Waals surface area (Å²) in [6, 6.07) is 9.42. The van der Waals surface area contributed by atoms with Gasteiger partial charge in [0.15, 0.2) is 21.5 Å². The SMILES string of the molecule is COc1ncccc1Nc1nc(-c2ccc(S(C)(=O)=O)cc2)nc(C(Cl)(Cl)Cl)n1. The first-order chi connectivity index (χ1) is 13.6. The summed E-state index contributed by atoms with van der Waals surface area (Å²) >= 11 is 17.9. The van der Waals surface area contributed by atoms with Crippen LogP contribution in [0.5, 0.6) is 5.88 Å². The van der Waals surface area contributed by atoms with E-state index in [9.17, 15) is 8.42 Å². The van der Waals surface area contributed by atoms with Gasteiger partial charge in [-0.2, -0.15) is 9.97 Å². The quantitative estimate of drug-likeness (QED) is 0.555. The molecule has 8 nitrogen and oxygen atoms in total. The van der Waals surface area contributed by atoms with E-state index < -0.39 is 13.6 Å². The highest BCUT2D eigenvalue weighted by Crippen LogP contribution is 2.37. The van der Waals surface area contributed by atoms with Gasteiger partial charge in [-0.25, -0.2) is 18.4 Å². The zero-order chi connectivity index (χ0) is 21.2. The van der Waals surface area contributed by atoms with E-state index >= 15 is 0 Å². The third-order valence-electron chi connectivity index (χ3n) is 3.64. The van der Waals surface area contributed by atoms with Crippen LogP contribution in [0.2, 0.25) is 0 Å². The van der Waals surface area contributed by atoms with Crippen LogP contribution in [0.3, 0.4) is 0 Å². The summed E-state index contributed by atoms with van der Waals surface area (Å²) < 4.78 is 26.6. The fourth-order valence-corrected chi connectivity index (χ4v) is 3.19. The molecular formula is C17H14Cl3N5O3S. The van der Waals surface area contributed by atoms with Crippen LogP contribution in [0.15, 0.2) is 47.5 Å². The van der Waals surface area contributed by atoms with Crippen molar-refractivity contribution in [2.24, 2.45) is 0 Å². The number of methoxy groups -OCH3 is 1. The molecule has 12 heteroatoms. The van der Waals surface area contributed by atoms with Crippen molar-refractivity contribution in [3.63, 3.8) is 0 Å². The van der Waals surface area contributed by atoms with Crippen molar-refractivity contribution < 1.29 is 13.2 Å². The van der Waals surface area contributed by atoms with Crippen LogP contribution < -0.4 is 10.1 Å². The Balaban J connectivity index is 2.07. The molecule has 0 saturated carbocycles. The average Bonchev–Trinajstić information content (AvgIpc) is 2.67. The predicted octanol–water partition coefficient (Wildman–Crippen LogP) is 3.92. The van der Waals surface area contributed by atoms with Crippen molar-refractivity contribution in [3.8, 4) is 17.3 Å². The fraction of sp³-hybridized carbons (Fsp3) is 0.176. The molecule has 29 heavy (non-hydrogen) atoms. The van der Waals surface area contributed by atoms with E-state index in [4.69, 9.17) is 39.5 Å². The summed E-state index contributed by atoms with van der Waals surface area (Å²) in [7, 11) is -1.86. The van der Waals surface area contributed by atoms with Gasteiger partial charge in [0.2, 0.25) is 15.6 Å². The molecule has 0 aliphatic heterocycles. The van der Waals surface area contributed by atoms with Gasteiger partial charge >= 0.3 is 0 Å². The molecule has 1 aromatic carbocycles. The first kappa shape index (κ1) is 21.5. The van der Waals surface area contributed by atoms with Gasteiger partial charge in [-0.05, 0) is 36.4 Å². The minimum absolute atomic E-state index is 0.0924. The van der Waals surface area contributed by atoms with Gasteiger partial charge in [0.1, 0.15) is 5.69 Å². The first-order valence-electron chi connectivity index (χ1n) is 7.98. The van der Waals surface area contributed by atoms with Gasteiger partial charge in [0.25, 0.3) is 0 Å². The Morgan fingerprint density at radius 2 is 1.72 bits per heavy atom. The van der Waals surface area contributed by atoms with Crippen molar-refractivity contribution in [1.29, 1.82) is 0 Å². The number of pyridine rings is 1. The molecule has 152 valence electrons. The van der Waals surface area contributed by atoms with Gasteiger partial charge < -0.3 is 10.1 Å². The van der Waals surface area contributed by atoms with Crippen molar-refractivity contribution in [3.05, 3.63) is 48.4 Å². The maximum absolute atomic E-state index is 11.7. The Bertz CT molecular complexity index is 1140. The van der Waals surface area contributed by atoms with Gasteiger partial charge in [-0.15, -0.1) is 0 Å². The highest BCUT2D eigenvalue weighted by atomic mass is 35.6. The molecule has 2 heterocycles. The standard InChI is InChI=1S/C17H14Cl3N5O3S/c1-28-14-12(4-3-9-21-14)22-16-24-13(23-15(25-16)17(18,19)20)10-5-7-11(8-6-10)29(2,26)27/h3-9H,1-2H3,(H,22,23,24,25). The summed E-state index contributed by atoms with van der Waals surface area (Å²) in [5.74, 6) is 0.494. The molecule has 0 spiro atoms. The molecule has 0 unspecified atom stereocenters. The van der Waals surface area contributed by atoms with Crippen LogP contribution in [-0.4, -0.2) is 41.7 Å². The number of alkyl halides is 3. The number of nitrogens with one attached hydrogen (secondary N) is 1. The second-order valence-corrected chi connectivity index (χ2v) is 10.1. The Hall–Kier alpha value is -2.20. The summed E-state index contributed by atoms with van der Waals surface area (Å²) in [5, 5.41) is 2.96. The Morgan fingerprint density at radius 1 is 1.03 bits per heavy atom. The normalized spacial score (nSPS) is 11.9. The monoisotopic (exact) mass is 473 g/mol. The molecule has 3 aromatic rings. The number of benzene rings is 1. The van der Waals surface area contributed by atoms with E-state index in [2.05, 4.69) is 25.3 Å². The van der Waals surface area contributed by atoms with Crippen LogP contribution in [0, 0.1) is 0 Å². The number of nitrogens with zero attached hydrogens (tertiary/aromatic N) is 4. The lowest BCUT2D eigenvalue weighted by atomic mass is 10.2.